The Morgan fingerprint density at radius 3 is 1.51 bits per heavy atom. The van der Waals surface area contributed by atoms with Crippen LogP contribution in [0.4, 0.5) is 0 Å². The lowest BCUT2D eigenvalue weighted by atomic mass is 9.81. The van der Waals surface area contributed by atoms with Gasteiger partial charge in [0.15, 0.2) is 0 Å². The third-order valence-corrected chi connectivity index (χ3v) is 9.06. The SMILES string of the molecule is CCOC(=O)C(C)CC1CCCCC1=O.COC(=O)C(C)CC1CCCCC1=O.COC(=O)C(C)CC1CCCCC1O. The molecule has 9 nitrogen and oxygen atoms in total. The van der Waals surface area contributed by atoms with E-state index in [1.807, 2.05) is 20.8 Å². The molecule has 7 atom stereocenters. The predicted molar refractivity (Wildman–Crippen MR) is 164 cm³/mol. The van der Waals surface area contributed by atoms with Crippen LogP contribution in [0.5, 0.6) is 0 Å². The Morgan fingerprint density at radius 2 is 1.09 bits per heavy atom. The second-order valence-corrected chi connectivity index (χ2v) is 12.6. The molecule has 0 radical (unpaired) electrons. The molecular weight excluding hydrogens is 552 g/mol. The molecule has 0 aliphatic heterocycles. The van der Waals surface area contributed by atoms with E-state index >= 15 is 0 Å². The van der Waals surface area contributed by atoms with Crippen LogP contribution in [0.15, 0.2) is 0 Å². The Kier molecular flexibility index (Phi) is 19.3. The van der Waals surface area contributed by atoms with Gasteiger partial charge < -0.3 is 19.3 Å². The highest BCUT2D eigenvalue weighted by molar-refractivity contribution is 5.83. The highest BCUT2D eigenvalue weighted by Gasteiger charge is 2.29. The molecule has 3 aliphatic carbocycles. The van der Waals surface area contributed by atoms with Crippen molar-refractivity contribution in [3.05, 3.63) is 0 Å². The van der Waals surface area contributed by atoms with E-state index in [-0.39, 0.29) is 59.5 Å². The van der Waals surface area contributed by atoms with Crippen molar-refractivity contribution in [2.75, 3.05) is 20.8 Å². The summed E-state index contributed by atoms with van der Waals surface area (Å²) in [4.78, 5) is 56.8. The average molecular weight is 611 g/mol. The minimum atomic E-state index is -0.212. The monoisotopic (exact) mass is 610 g/mol. The van der Waals surface area contributed by atoms with Crippen molar-refractivity contribution in [3.63, 3.8) is 0 Å². The number of ketones is 2. The maximum Gasteiger partial charge on any atom is 0.308 e. The summed E-state index contributed by atoms with van der Waals surface area (Å²) in [6, 6.07) is 0. The van der Waals surface area contributed by atoms with Crippen molar-refractivity contribution in [2.45, 2.75) is 130 Å². The number of carbonyl (C=O) groups is 5. The van der Waals surface area contributed by atoms with Crippen LogP contribution in [0, 0.1) is 35.5 Å². The van der Waals surface area contributed by atoms with Crippen LogP contribution in [-0.4, -0.2) is 61.5 Å². The molecule has 0 amide bonds. The van der Waals surface area contributed by atoms with E-state index < -0.39 is 0 Å². The number of methoxy groups -OCH3 is 2. The number of aliphatic hydroxyl groups excluding tert-OH is 1. The van der Waals surface area contributed by atoms with Crippen molar-refractivity contribution >= 4 is 29.5 Å². The average Bonchev–Trinajstić information content (AvgIpc) is 3.00. The van der Waals surface area contributed by atoms with Gasteiger partial charge >= 0.3 is 17.9 Å². The lowest BCUT2D eigenvalue weighted by molar-refractivity contribution is -0.148. The fraction of sp³-hybridized carbons (Fsp3) is 0.853. The number of aliphatic hydroxyl groups is 1. The summed E-state index contributed by atoms with van der Waals surface area (Å²) in [5.41, 5.74) is 0. The molecule has 0 aromatic rings. The quantitative estimate of drug-likeness (QED) is 0.233. The van der Waals surface area contributed by atoms with Gasteiger partial charge in [0.1, 0.15) is 11.6 Å². The second kappa shape index (κ2) is 21.4. The fourth-order valence-corrected chi connectivity index (χ4v) is 6.36. The summed E-state index contributed by atoms with van der Waals surface area (Å²) in [5.74, 6) is 0.224. The van der Waals surface area contributed by atoms with Crippen LogP contribution < -0.4 is 0 Å². The first-order valence-corrected chi connectivity index (χ1v) is 16.5. The van der Waals surface area contributed by atoms with Gasteiger partial charge in [-0.1, -0.05) is 46.5 Å². The predicted octanol–water partition coefficient (Wildman–Crippen LogP) is 6.02. The van der Waals surface area contributed by atoms with Crippen LogP contribution in [0.2, 0.25) is 0 Å². The van der Waals surface area contributed by atoms with Gasteiger partial charge in [-0.05, 0) is 70.6 Å². The highest BCUT2D eigenvalue weighted by Crippen LogP contribution is 2.30. The summed E-state index contributed by atoms with van der Waals surface area (Å²) in [7, 11) is 2.80. The second-order valence-electron chi connectivity index (χ2n) is 12.6. The third kappa shape index (κ3) is 14.8. The van der Waals surface area contributed by atoms with Crippen molar-refractivity contribution < 1.29 is 43.3 Å². The van der Waals surface area contributed by atoms with Gasteiger partial charge in [-0.3, -0.25) is 24.0 Å². The fourth-order valence-electron chi connectivity index (χ4n) is 6.36. The minimum absolute atomic E-state index is 0.0854. The number of ether oxygens (including phenoxy) is 3. The molecule has 9 heteroatoms. The van der Waals surface area contributed by atoms with Crippen molar-refractivity contribution in [2.24, 2.45) is 35.5 Å². The standard InChI is InChI=1S/C12H20O3.C11H20O3.C11H18O3/c1-3-15-12(14)9(2)8-10-6-4-5-7-11(10)13;2*1-8(11(13)14-2)7-9-5-3-4-6-10(9)12/h9-10H,3-8H2,1-2H3;8-10,12H,3-7H2,1-2H3;8-9H,3-7H2,1-2H3. The molecule has 248 valence electrons. The van der Waals surface area contributed by atoms with Crippen LogP contribution in [0.3, 0.4) is 0 Å². The summed E-state index contributed by atoms with van der Waals surface area (Å²) in [5, 5.41) is 9.72. The van der Waals surface area contributed by atoms with E-state index in [2.05, 4.69) is 9.47 Å². The highest BCUT2D eigenvalue weighted by atomic mass is 16.5. The molecule has 3 fully saturated rings. The number of hydrogen-bond acceptors (Lipinski definition) is 9. The van der Waals surface area contributed by atoms with Gasteiger partial charge in [0.2, 0.25) is 0 Å². The molecule has 0 aromatic heterocycles. The molecule has 3 saturated carbocycles. The summed E-state index contributed by atoms with van der Waals surface area (Å²) < 4.78 is 14.2. The van der Waals surface area contributed by atoms with Crippen LogP contribution >= 0.6 is 0 Å². The first-order valence-electron chi connectivity index (χ1n) is 16.5. The number of rotatable bonds is 10. The Labute approximate surface area is 259 Å². The zero-order chi connectivity index (χ0) is 32.4. The largest absolute Gasteiger partial charge is 0.469 e. The topological polar surface area (TPSA) is 133 Å². The molecule has 0 aromatic carbocycles. The first kappa shape index (κ1) is 38.7. The summed E-state index contributed by atoms with van der Waals surface area (Å²) in [6.45, 7) is 7.76. The Hall–Kier alpha value is -2.29. The van der Waals surface area contributed by atoms with E-state index in [1.54, 1.807) is 6.92 Å². The van der Waals surface area contributed by atoms with Gasteiger partial charge in [-0.25, -0.2) is 0 Å². The summed E-state index contributed by atoms with van der Waals surface area (Å²) >= 11 is 0. The van der Waals surface area contributed by atoms with Crippen molar-refractivity contribution in [1.82, 2.24) is 0 Å². The molecule has 0 heterocycles. The van der Waals surface area contributed by atoms with Crippen LogP contribution in [-0.2, 0) is 38.2 Å². The van der Waals surface area contributed by atoms with E-state index in [0.717, 1.165) is 64.2 Å². The molecule has 0 saturated heterocycles. The zero-order valence-electron chi connectivity index (χ0n) is 27.6. The maximum atomic E-state index is 11.6. The molecule has 0 bridgehead atoms. The molecule has 3 aliphatic rings. The van der Waals surface area contributed by atoms with E-state index in [4.69, 9.17) is 4.74 Å². The van der Waals surface area contributed by atoms with Gasteiger partial charge in [0.05, 0.1) is 44.7 Å². The van der Waals surface area contributed by atoms with Gasteiger partial charge in [-0.15, -0.1) is 0 Å². The van der Waals surface area contributed by atoms with E-state index in [9.17, 15) is 29.1 Å². The number of hydrogen-bond donors (Lipinski definition) is 1. The third-order valence-electron chi connectivity index (χ3n) is 9.06. The normalized spacial score (nSPS) is 25.8. The molecular formula is C34H58O9. The van der Waals surface area contributed by atoms with E-state index in [1.165, 1.54) is 20.6 Å². The number of Topliss-reactive ketones (excluding diaryl/α,β-unsaturated/α-hetero) is 2. The maximum absolute atomic E-state index is 11.6. The van der Waals surface area contributed by atoms with Crippen LogP contribution in [0.1, 0.15) is 124 Å². The zero-order valence-corrected chi connectivity index (χ0v) is 27.6. The van der Waals surface area contributed by atoms with E-state index in [0.29, 0.717) is 43.9 Å². The van der Waals surface area contributed by atoms with Crippen molar-refractivity contribution in [3.8, 4) is 0 Å². The van der Waals surface area contributed by atoms with Gasteiger partial charge in [0.25, 0.3) is 0 Å². The lowest BCUT2D eigenvalue weighted by Crippen LogP contribution is -2.28. The Bertz CT molecular complexity index is 870. The Morgan fingerprint density at radius 1 is 0.674 bits per heavy atom. The molecule has 7 unspecified atom stereocenters. The molecule has 1 N–H and O–H groups in total. The minimum Gasteiger partial charge on any atom is -0.469 e. The summed E-state index contributed by atoms with van der Waals surface area (Å²) in [6.07, 6.45) is 13.6. The Balaban J connectivity index is 0.000000323. The van der Waals surface area contributed by atoms with Crippen LogP contribution in [0.25, 0.3) is 0 Å². The van der Waals surface area contributed by atoms with Crippen molar-refractivity contribution in [1.29, 1.82) is 0 Å². The molecule has 43 heavy (non-hydrogen) atoms. The van der Waals surface area contributed by atoms with Gasteiger partial charge in [-0.2, -0.15) is 0 Å². The number of esters is 3. The molecule has 0 spiro atoms. The number of carbonyl (C=O) groups excluding carboxylic acids is 5. The van der Waals surface area contributed by atoms with Gasteiger partial charge in [0, 0.05) is 24.7 Å². The lowest BCUT2D eigenvalue weighted by Gasteiger charge is -2.28. The smallest absolute Gasteiger partial charge is 0.308 e. The first-order chi connectivity index (χ1) is 20.4. The molecule has 3 rings (SSSR count).